The number of hydrogen-bond donors (Lipinski definition) is 1. The van der Waals surface area contributed by atoms with Gasteiger partial charge in [0.2, 0.25) is 0 Å². The predicted octanol–water partition coefficient (Wildman–Crippen LogP) is 3.07. The first kappa shape index (κ1) is 11.7. The first-order valence-corrected chi connectivity index (χ1v) is 6.87. The number of aromatic nitrogens is 2. The minimum Gasteiger partial charge on any atom is -0.330 e. The largest absolute Gasteiger partial charge is 0.330 e. The molecule has 0 aliphatic heterocycles. The van der Waals surface area contributed by atoms with E-state index in [1.807, 2.05) is 6.33 Å². The summed E-state index contributed by atoms with van der Waals surface area (Å²) in [6.45, 7) is 5.15. The molecule has 3 rings (SSSR count). The van der Waals surface area contributed by atoms with Crippen LogP contribution in [-0.4, -0.2) is 16.1 Å². The van der Waals surface area contributed by atoms with Gasteiger partial charge in [-0.05, 0) is 48.9 Å². The smallest absolute Gasteiger partial charge is 0.0960 e. The van der Waals surface area contributed by atoms with Crippen molar-refractivity contribution in [2.45, 2.75) is 38.6 Å². The zero-order valence-electron chi connectivity index (χ0n) is 11.1. The molecule has 2 N–H and O–H groups in total. The van der Waals surface area contributed by atoms with Crippen molar-refractivity contribution < 1.29 is 0 Å². The van der Waals surface area contributed by atoms with E-state index >= 15 is 0 Å². The van der Waals surface area contributed by atoms with Crippen LogP contribution in [-0.2, 0) is 0 Å². The molecule has 2 aromatic rings. The molecule has 0 bridgehead atoms. The van der Waals surface area contributed by atoms with Crippen LogP contribution in [0.15, 0.2) is 24.5 Å². The van der Waals surface area contributed by atoms with Crippen molar-refractivity contribution in [3.63, 3.8) is 0 Å². The van der Waals surface area contributed by atoms with Crippen LogP contribution in [0.4, 0.5) is 0 Å². The van der Waals surface area contributed by atoms with E-state index in [9.17, 15) is 0 Å². The third-order valence-electron chi connectivity index (χ3n) is 4.03. The molecule has 0 radical (unpaired) electrons. The first-order valence-electron chi connectivity index (χ1n) is 6.87. The molecule has 1 fully saturated rings. The summed E-state index contributed by atoms with van der Waals surface area (Å²) < 4.78 is 2.31. The average Bonchev–Trinajstić information content (AvgIpc) is 3.10. The monoisotopic (exact) mass is 243 g/mol. The quantitative estimate of drug-likeness (QED) is 0.896. The maximum atomic E-state index is 5.89. The van der Waals surface area contributed by atoms with Crippen LogP contribution >= 0.6 is 0 Å². The highest BCUT2D eigenvalue weighted by atomic mass is 15.1. The van der Waals surface area contributed by atoms with Gasteiger partial charge in [0.1, 0.15) is 0 Å². The molecule has 1 saturated carbocycles. The van der Waals surface area contributed by atoms with Gasteiger partial charge in [-0.15, -0.1) is 0 Å². The molecule has 0 spiro atoms. The van der Waals surface area contributed by atoms with Crippen LogP contribution in [0.5, 0.6) is 0 Å². The number of nitrogens with two attached hydrogens (primary N) is 1. The lowest BCUT2D eigenvalue weighted by atomic mass is 9.88. The van der Waals surface area contributed by atoms with Gasteiger partial charge < -0.3 is 10.3 Å². The summed E-state index contributed by atoms with van der Waals surface area (Å²) in [4.78, 5) is 4.54. The number of nitrogens with zero attached hydrogens (tertiary/aromatic N) is 2. The van der Waals surface area contributed by atoms with Crippen LogP contribution in [0.25, 0.3) is 11.0 Å². The van der Waals surface area contributed by atoms with E-state index in [1.54, 1.807) is 0 Å². The molecule has 1 heterocycles. The number of fused-ring (bicyclic) bond motifs is 1. The third kappa shape index (κ3) is 1.93. The Morgan fingerprint density at radius 2 is 2.17 bits per heavy atom. The Morgan fingerprint density at radius 3 is 2.78 bits per heavy atom. The highest BCUT2D eigenvalue weighted by molar-refractivity contribution is 5.76. The molecule has 1 aliphatic carbocycles. The second-order valence-electron chi connectivity index (χ2n) is 5.72. The lowest BCUT2D eigenvalue weighted by Crippen LogP contribution is -2.17. The molecule has 96 valence electrons. The zero-order valence-corrected chi connectivity index (χ0v) is 11.1. The van der Waals surface area contributed by atoms with Crippen molar-refractivity contribution in [1.82, 2.24) is 9.55 Å². The molecular weight excluding hydrogens is 222 g/mol. The molecular formula is C15H21N3. The Kier molecular flexibility index (Phi) is 2.86. The van der Waals surface area contributed by atoms with Crippen LogP contribution in [0.2, 0.25) is 0 Å². The van der Waals surface area contributed by atoms with E-state index in [0.717, 1.165) is 5.52 Å². The molecule has 1 aliphatic rings. The topological polar surface area (TPSA) is 43.8 Å². The van der Waals surface area contributed by atoms with Gasteiger partial charge in [0.15, 0.2) is 0 Å². The molecule has 3 nitrogen and oxygen atoms in total. The fourth-order valence-corrected chi connectivity index (χ4v) is 2.72. The van der Waals surface area contributed by atoms with E-state index in [-0.39, 0.29) is 0 Å². The summed E-state index contributed by atoms with van der Waals surface area (Å²) in [6.07, 6.45) is 4.58. The molecule has 1 aromatic heterocycles. The Bertz CT molecular complexity index is 552. The van der Waals surface area contributed by atoms with Gasteiger partial charge in [0.05, 0.1) is 17.4 Å². The fourth-order valence-electron chi connectivity index (χ4n) is 2.72. The number of benzene rings is 1. The summed E-state index contributed by atoms with van der Waals surface area (Å²) in [7, 11) is 0. The first-order chi connectivity index (χ1) is 8.70. The maximum Gasteiger partial charge on any atom is 0.0960 e. The predicted molar refractivity (Wildman–Crippen MR) is 74.6 cm³/mol. The zero-order chi connectivity index (χ0) is 12.7. The van der Waals surface area contributed by atoms with Crippen molar-refractivity contribution in [3.05, 3.63) is 30.1 Å². The highest BCUT2D eigenvalue weighted by Gasteiger charge is 2.25. The van der Waals surface area contributed by atoms with E-state index in [0.29, 0.717) is 24.4 Å². The number of hydrogen-bond acceptors (Lipinski definition) is 2. The van der Waals surface area contributed by atoms with Gasteiger partial charge in [-0.3, -0.25) is 0 Å². The number of rotatable bonds is 4. The summed E-state index contributed by atoms with van der Waals surface area (Å²) in [5.74, 6) is 0.999. The van der Waals surface area contributed by atoms with Crippen LogP contribution in [0, 0.1) is 5.92 Å². The third-order valence-corrected chi connectivity index (χ3v) is 4.03. The second-order valence-corrected chi connectivity index (χ2v) is 5.72. The standard InChI is InChI=1S/C15H21N3/c1-10(2)13(8-16)11-3-6-15-14(7-11)17-9-18(15)12-4-5-12/h3,6-7,9-10,12-13H,4-5,8,16H2,1-2H3. The van der Waals surface area contributed by atoms with Crippen molar-refractivity contribution in [2.75, 3.05) is 6.54 Å². The lowest BCUT2D eigenvalue weighted by molar-refractivity contribution is 0.506. The van der Waals surface area contributed by atoms with E-state index in [2.05, 4.69) is 41.6 Å². The van der Waals surface area contributed by atoms with Gasteiger partial charge in [-0.1, -0.05) is 19.9 Å². The minimum absolute atomic E-state index is 0.431. The van der Waals surface area contributed by atoms with Gasteiger partial charge in [-0.25, -0.2) is 4.98 Å². The van der Waals surface area contributed by atoms with Gasteiger partial charge in [0.25, 0.3) is 0 Å². The summed E-state index contributed by atoms with van der Waals surface area (Å²) in [6, 6.07) is 7.34. The van der Waals surface area contributed by atoms with Crippen LogP contribution < -0.4 is 5.73 Å². The van der Waals surface area contributed by atoms with E-state index in [4.69, 9.17) is 5.73 Å². The molecule has 1 aromatic carbocycles. The summed E-state index contributed by atoms with van der Waals surface area (Å²) >= 11 is 0. The van der Waals surface area contributed by atoms with Crippen molar-refractivity contribution in [2.24, 2.45) is 11.7 Å². The Balaban J connectivity index is 2.00. The fraction of sp³-hybridized carbons (Fsp3) is 0.533. The van der Waals surface area contributed by atoms with Gasteiger partial charge in [0, 0.05) is 6.04 Å². The Hall–Kier alpha value is -1.35. The average molecular weight is 243 g/mol. The van der Waals surface area contributed by atoms with E-state index < -0.39 is 0 Å². The van der Waals surface area contributed by atoms with Crippen molar-refractivity contribution >= 4 is 11.0 Å². The Morgan fingerprint density at radius 1 is 1.39 bits per heavy atom. The van der Waals surface area contributed by atoms with Gasteiger partial charge >= 0.3 is 0 Å². The second kappa shape index (κ2) is 4.39. The normalized spacial score (nSPS) is 17.6. The number of imidazole rings is 1. The SMILES string of the molecule is CC(C)C(CN)c1ccc2c(c1)ncn2C1CC1. The molecule has 1 atom stereocenters. The minimum atomic E-state index is 0.431. The van der Waals surface area contributed by atoms with Crippen molar-refractivity contribution in [3.8, 4) is 0 Å². The van der Waals surface area contributed by atoms with Crippen LogP contribution in [0.1, 0.15) is 44.2 Å². The molecule has 0 saturated heterocycles. The van der Waals surface area contributed by atoms with Crippen LogP contribution in [0.3, 0.4) is 0 Å². The van der Waals surface area contributed by atoms with Gasteiger partial charge in [-0.2, -0.15) is 0 Å². The maximum absolute atomic E-state index is 5.89. The molecule has 0 amide bonds. The Labute approximate surface area is 108 Å². The highest BCUT2D eigenvalue weighted by Crippen LogP contribution is 2.37. The summed E-state index contributed by atoms with van der Waals surface area (Å²) in [5, 5.41) is 0. The van der Waals surface area contributed by atoms with E-state index in [1.165, 1.54) is 23.9 Å². The molecule has 18 heavy (non-hydrogen) atoms. The lowest BCUT2D eigenvalue weighted by Gasteiger charge is -2.19. The van der Waals surface area contributed by atoms with Crippen molar-refractivity contribution in [1.29, 1.82) is 0 Å². The summed E-state index contributed by atoms with van der Waals surface area (Å²) in [5.41, 5.74) is 9.58. The molecule has 1 unspecified atom stereocenters. The molecule has 3 heteroatoms.